The molecular weight excluding hydrogens is 486 g/mol. The van der Waals surface area contributed by atoms with Crippen LogP contribution in [0.25, 0.3) is 22.5 Å². The Morgan fingerprint density at radius 1 is 1.16 bits per heavy atom. The van der Waals surface area contributed by atoms with Gasteiger partial charge in [0.05, 0.1) is 28.8 Å². The number of alkyl halides is 2. The molecule has 5 rings (SSSR count). The van der Waals surface area contributed by atoms with E-state index in [0.717, 1.165) is 41.4 Å². The Morgan fingerprint density at radius 2 is 1.97 bits per heavy atom. The molecule has 0 unspecified atom stereocenters. The van der Waals surface area contributed by atoms with Gasteiger partial charge in [0, 0.05) is 16.7 Å². The molecule has 4 aromatic rings. The van der Waals surface area contributed by atoms with Crippen LogP contribution in [-0.4, -0.2) is 37.4 Å². The number of rotatable bonds is 5. The summed E-state index contributed by atoms with van der Waals surface area (Å²) in [7, 11) is 0. The number of benzene rings is 1. The summed E-state index contributed by atoms with van der Waals surface area (Å²) in [5.74, 6) is -0.753. The highest BCUT2D eigenvalue weighted by molar-refractivity contribution is 9.10. The molecule has 1 N–H and O–H groups in total. The maximum Gasteiger partial charge on any atom is 0.329 e. The smallest absolute Gasteiger partial charge is 0.329 e. The van der Waals surface area contributed by atoms with Gasteiger partial charge in [0.25, 0.3) is 5.89 Å². The Morgan fingerprint density at radius 3 is 2.66 bits per heavy atom. The van der Waals surface area contributed by atoms with Crippen LogP contribution in [0.4, 0.5) is 8.78 Å². The topological polar surface area (TPSA) is 90.8 Å². The van der Waals surface area contributed by atoms with E-state index in [2.05, 4.69) is 36.4 Å². The van der Waals surface area contributed by atoms with E-state index in [1.165, 1.54) is 6.20 Å². The quantitative estimate of drug-likeness (QED) is 0.442. The van der Waals surface area contributed by atoms with Crippen LogP contribution in [0.5, 0.6) is 0 Å². The maximum absolute atomic E-state index is 13.4. The van der Waals surface area contributed by atoms with E-state index in [9.17, 15) is 13.6 Å². The van der Waals surface area contributed by atoms with Crippen molar-refractivity contribution in [2.75, 3.05) is 13.1 Å². The SMILES string of the molecule is O=c1n(Cc2ccc(-c3nnc(C(F)F)o3)cn2)c2ccc(Br)cc2n1C1CCNCC1. The van der Waals surface area contributed by atoms with Crippen molar-refractivity contribution in [3.05, 3.63) is 63.1 Å². The molecule has 0 atom stereocenters. The molecule has 1 aliphatic rings. The summed E-state index contributed by atoms with van der Waals surface area (Å²) in [6.45, 7) is 2.04. The molecule has 166 valence electrons. The summed E-state index contributed by atoms with van der Waals surface area (Å²) in [5, 5.41) is 10.3. The van der Waals surface area contributed by atoms with Crippen molar-refractivity contribution in [2.24, 2.45) is 0 Å². The van der Waals surface area contributed by atoms with Crippen LogP contribution in [0.1, 0.15) is 36.9 Å². The van der Waals surface area contributed by atoms with E-state index in [0.29, 0.717) is 11.3 Å². The zero-order valence-electron chi connectivity index (χ0n) is 16.8. The first-order valence-corrected chi connectivity index (χ1v) is 11.0. The average molecular weight is 505 g/mol. The summed E-state index contributed by atoms with van der Waals surface area (Å²) >= 11 is 3.52. The van der Waals surface area contributed by atoms with Crippen molar-refractivity contribution in [1.29, 1.82) is 0 Å². The van der Waals surface area contributed by atoms with Gasteiger partial charge < -0.3 is 9.73 Å². The third-order valence-corrected chi connectivity index (χ3v) is 6.11. The second-order valence-electron chi connectivity index (χ2n) is 7.64. The molecule has 0 bridgehead atoms. The van der Waals surface area contributed by atoms with E-state index < -0.39 is 12.3 Å². The number of aromatic nitrogens is 5. The first-order valence-electron chi connectivity index (χ1n) is 10.2. The number of hydrogen-bond donors (Lipinski definition) is 1. The van der Waals surface area contributed by atoms with Gasteiger partial charge in [0.2, 0.25) is 5.89 Å². The summed E-state index contributed by atoms with van der Waals surface area (Å²) < 4.78 is 34.8. The fourth-order valence-corrected chi connectivity index (χ4v) is 4.42. The Kier molecular flexibility index (Phi) is 5.60. The van der Waals surface area contributed by atoms with Gasteiger partial charge in [-0.15, -0.1) is 10.2 Å². The number of nitrogens with zero attached hydrogens (tertiary/aromatic N) is 5. The molecule has 0 amide bonds. The molecule has 0 spiro atoms. The van der Waals surface area contributed by atoms with Crippen LogP contribution < -0.4 is 11.0 Å². The van der Waals surface area contributed by atoms with Crippen LogP contribution in [0, 0.1) is 0 Å². The first-order chi connectivity index (χ1) is 15.5. The number of piperidine rings is 1. The van der Waals surface area contributed by atoms with Gasteiger partial charge in [-0.1, -0.05) is 15.9 Å². The van der Waals surface area contributed by atoms with E-state index in [4.69, 9.17) is 4.42 Å². The van der Waals surface area contributed by atoms with Gasteiger partial charge in [0.15, 0.2) is 0 Å². The van der Waals surface area contributed by atoms with Crippen molar-refractivity contribution in [3.8, 4) is 11.5 Å². The van der Waals surface area contributed by atoms with Crippen LogP contribution in [0.15, 0.2) is 50.2 Å². The van der Waals surface area contributed by atoms with Gasteiger partial charge in [-0.2, -0.15) is 8.78 Å². The van der Waals surface area contributed by atoms with Gasteiger partial charge >= 0.3 is 12.1 Å². The fraction of sp³-hybridized carbons (Fsp3) is 0.333. The van der Waals surface area contributed by atoms with Crippen molar-refractivity contribution >= 4 is 27.0 Å². The predicted octanol–water partition coefficient (Wildman–Crippen LogP) is 3.92. The van der Waals surface area contributed by atoms with Crippen molar-refractivity contribution in [3.63, 3.8) is 0 Å². The molecule has 4 heterocycles. The van der Waals surface area contributed by atoms with Gasteiger partial charge in [-0.3, -0.25) is 14.1 Å². The van der Waals surface area contributed by atoms with Crippen LogP contribution in [-0.2, 0) is 6.54 Å². The molecule has 8 nitrogen and oxygen atoms in total. The monoisotopic (exact) mass is 504 g/mol. The minimum absolute atomic E-state index is 0.0242. The Hall–Kier alpha value is -2.92. The number of nitrogens with one attached hydrogen (secondary N) is 1. The number of imidazole rings is 1. The highest BCUT2D eigenvalue weighted by Crippen LogP contribution is 2.27. The highest BCUT2D eigenvalue weighted by Gasteiger charge is 2.23. The van der Waals surface area contributed by atoms with E-state index in [1.54, 1.807) is 16.7 Å². The van der Waals surface area contributed by atoms with E-state index in [-0.39, 0.29) is 24.2 Å². The highest BCUT2D eigenvalue weighted by atomic mass is 79.9. The first kappa shape index (κ1) is 21.0. The minimum Gasteiger partial charge on any atom is -0.415 e. The average Bonchev–Trinajstić information content (AvgIpc) is 3.39. The lowest BCUT2D eigenvalue weighted by Crippen LogP contribution is -2.35. The number of halogens is 3. The molecule has 0 saturated carbocycles. The molecule has 1 fully saturated rings. The lowest BCUT2D eigenvalue weighted by molar-refractivity contribution is 0.116. The number of fused-ring (bicyclic) bond motifs is 1. The molecule has 1 saturated heterocycles. The van der Waals surface area contributed by atoms with Crippen molar-refractivity contribution in [2.45, 2.75) is 31.9 Å². The van der Waals surface area contributed by atoms with E-state index >= 15 is 0 Å². The standard InChI is InChI=1S/C21H19BrF2N6O2/c22-13-2-4-16-17(9-13)30(15-5-7-25-8-6-15)21(31)29(16)11-14-3-1-12(10-26-14)19-27-28-20(32-19)18(23)24/h1-4,9-10,15,18,25H,5-8,11H2. The van der Waals surface area contributed by atoms with Crippen LogP contribution in [0.2, 0.25) is 0 Å². The lowest BCUT2D eigenvalue weighted by atomic mass is 10.1. The molecular formula is C21H19BrF2N6O2. The third kappa shape index (κ3) is 3.86. The molecule has 3 aromatic heterocycles. The Bertz CT molecular complexity index is 1310. The fourth-order valence-electron chi connectivity index (χ4n) is 4.07. The molecule has 32 heavy (non-hydrogen) atoms. The van der Waals surface area contributed by atoms with E-state index in [1.807, 2.05) is 22.8 Å². The van der Waals surface area contributed by atoms with Gasteiger partial charge in [-0.05, 0) is 56.3 Å². The molecule has 1 aliphatic heterocycles. The Balaban J connectivity index is 1.48. The third-order valence-electron chi connectivity index (χ3n) is 5.62. The number of hydrogen-bond acceptors (Lipinski definition) is 6. The summed E-state index contributed by atoms with van der Waals surface area (Å²) in [5.41, 5.74) is 2.73. The number of pyridine rings is 1. The maximum atomic E-state index is 13.4. The normalized spacial score (nSPS) is 15.1. The van der Waals surface area contributed by atoms with Crippen molar-refractivity contribution in [1.82, 2.24) is 29.6 Å². The second kappa shape index (κ2) is 8.55. The van der Waals surface area contributed by atoms with Gasteiger partial charge in [0.1, 0.15) is 0 Å². The van der Waals surface area contributed by atoms with Gasteiger partial charge in [-0.25, -0.2) is 4.79 Å². The largest absolute Gasteiger partial charge is 0.415 e. The molecule has 11 heteroatoms. The Labute approximate surface area is 189 Å². The predicted molar refractivity (Wildman–Crippen MR) is 117 cm³/mol. The van der Waals surface area contributed by atoms with Crippen LogP contribution in [0.3, 0.4) is 0 Å². The van der Waals surface area contributed by atoms with Crippen LogP contribution >= 0.6 is 15.9 Å². The van der Waals surface area contributed by atoms with Crippen molar-refractivity contribution < 1.29 is 13.2 Å². The lowest BCUT2D eigenvalue weighted by Gasteiger charge is -2.23. The molecule has 0 aliphatic carbocycles. The summed E-state index contributed by atoms with van der Waals surface area (Å²) in [6, 6.07) is 9.34. The zero-order valence-corrected chi connectivity index (χ0v) is 18.4. The molecule has 1 aromatic carbocycles. The summed E-state index contributed by atoms with van der Waals surface area (Å²) in [4.78, 5) is 17.8. The second-order valence-corrected chi connectivity index (χ2v) is 8.55. The zero-order chi connectivity index (χ0) is 22.2. The summed E-state index contributed by atoms with van der Waals surface area (Å²) in [6.07, 6.45) is 0.436. The minimum atomic E-state index is -2.83. The molecule has 0 radical (unpaired) electrons.